The highest BCUT2D eigenvalue weighted by molar-refractivity contribution is 6.37. The van der Waals surface area contributed by atoms with Crippen molar-refractivity contribution < 1.29 is 9.53 Å². The first-order chi connectivity index (χ1) is 16.7. The molecule has 2 aromatic rings. The quantitative estimate of drug-likeness (QED) is 0.487. The van der Waals surface area contributed by atoms with E-state index in [1.165, 1.54) is 0 Å². The molecule has 1 fully saturated rings. The number of nitrogens with zero attached hydrogens (tertiary/aromatic N) is 4. The Morgan fingerprint density at radius 3 is 2.63 bits per heavy atom. The van der Waals surface area contributed by atoms with Gasteiger partial charge in [-0.25, -0.2) is 14.8 Å². The molecule has 1 aliphatic carbocycles. The molecule has 0 atom stereocenters. The first-order valence-corrected chi connectivity index (χ1v) is 12.7. The topological polar surface area (TPSA) is 117 Å². The van der Waals surface area contributed by atoms with Gasteiger partial charge in [0.05, 0.1) is 53.2 Å². The van der Waals surface area contributed by atoms with Crippen LogP contribution in [0.15, 0.2) is 12.1 Å². The summed E-state index contributed by atoms with van der Waals surface area (Å²) in [7, 11) is 0. The van der Waals surface area contributed by atoms with Gasteiger partial charge < -0.3 is 20.7 Å². The number of carbonyl (C=O) groups is 1. The van der Waals surface area contributed by atoms with E-state index in [0.717, 1.165) is 24.8 Å². The van der Waals surface area contributed by atoms with Crippen molar-refractivity contribution in [1.82, 2.24) is 20.2 Å². The molecule has 2 heterocycles. The number of amides is 2. The maximum atomic E-state index is 12.7. The van der Waals surface area contributed by atoms with E-state index in [-0.39, 0.29) is 18.0 Å². The van der Waals surface area contributed by atoms with E-state index in [0.29, 0.717) is 58.9 Å². The molecule has 10 heteroatoms. The molecule has 2 aliphatic rings. The number of hydrogen-bond acceptors (Lipinski definition) is 6. The fraction of sp³-hybridized carbons (Fsp3) is 0.520. The van der Waals surface area contributed by atoms with Crippen LogP contribution in [-0.4, -0.2) is 33.5 Å². The van der Waals surface area contributed by atoms with E-state index in [2.05, 4.69) is 21.4 Å². The Morgan fingerprint density at radius 1 is 1.29 bits per heavy atom. The number of nitrogens with one attached hydrogen (secondary N) is 1. The minimum atomic E-state index is -0.530. The lowest BCUT2D eigenvalue weighted by molar-refractivity contribution is 0.186. The highest BCUT2D eigenvalue weighted by atomic mass is 35.5. The Labute approximate surface area is 216 Å². The molecule has 35 heavy (non-hydrogen) atoms. The summed E-state index contributed by atoms with van der Waals surface area (Å²) >= 11 is 12.9. The summed E-state index contributed by atoms with van der Waals surface area (Å²) in [6.45, 7) is 8.67. The second-order valence-corrected chi connectivity index (χ2v) is 9.99. The van der Waals surface area contributed by atoms with Crippen molar-refractivity contribution in [2.75, 3.05) is 12.3 Å². The van der Waals surface area contributed by atoms with Gasteiger partial charge >= 0.3 is 6.03 Å². The number of nitrogens with two attached hydrogens (primary N) is 1. The number of aromatic nitrogens is 2. The average molecular weight is 519 g/mol. The minimum absolute atomic E-state index is 0.0904. The van der Waals surface area contributed by atoms with Gasteiger partial charge in [0, 0.05) is 16.6 Å². The number of nitrogen functional groups attached to an aromatic ring is 1. The number of rotatable bonds is 6. The van der Waals surface area contributed by atoms with Gasteiger partial charge in [0.25, 0.3) is 0 Å². The summed E-state index contributed by atoms with van der Waals surface area (Å²) < 4.78 is 6.03. The first kappa shape index (κ1) is 26.8. The molecule has 1 aromatic heterocycles. The molecule has 1 aliphatic heterocycles. The van der Waals surface area contributed by atoms with Crippen molar-refractivity contribution in [3.05, 3.63) is 33.4 Å². The third kappa shape index (κ3) is 6.28. The predicted molar refractivity (Wildman–Crippen MR) is 138 cm³/mol. The molecule has 0 unspecified atom stereocenters. The largest absolute Gasteiger partial charge is 0.493 e. The summed E-state index contributed by atoms with van der Waals surface area (Å²) in [4.78, 5) is 23.3. The van der Waals surface area contributed by atoms with Crippen LogP contribution in [0.3, 0.4) is 0 Å². The van der Waals surface area contributed by atoms with Crippen molar-refractivity contribution in [3.8, 4) is 23.1 Å². The van der Waals surface area contributed by atoms with Crippen LogP contribution >= 0.6 is 23.2 Å². The van der Waals surface area contributed by atoms with E-state index in [1.807, 2.05) is 27.7 Å². The lowest BCUT2D eigenvalue weighted by Crippen LogP contribution is -2.45. The molecule has 188 valence electrons. The van der Waals surface area contributed by atoms with Crippen LogP contribution in [0.2, 0.25) is 10.0 Å². The first-order valence-electron chi connectivity index (χ1n) is 11.9. The van der Waals surface area contributed by atoms with E-state index >= 15 is 0 Å². The van der Waals surface area contributed by atoms with E-state index in [4.69, 9.17) is 33.7 Å². The molecule has 0 bridgehead atoms. The summed E-state index contributed by atoms with van der Waals surface area (Å²) in [6.07, 6.45) is 3.68. The third-order valence-corrected chi connectivity index (χ3v) is 6.58. The smallest absolute Gasteiger partial charge is 0.318 e. The number of urea groups is 1. The standard InChI is InChI=1S/C23H26Cl2N6O2.C2H6/c1-23(2,12-26)6-7-33-18-9-13(24)8-16(25)19(18)20-15-10-31(11-17(15)29-21(27)30-20)22(32)28-14-4-3-5-14;1-2/h8-9,14H,3-7,10-11H2,1-2H3,(H,28,32)(H2,27,29,30);1-2H3. The van der Waals surface area contributed by atoms with Crippen LogP contribution in [-0.2, 0) is 13.1 Å². The van der Waals surface area contributed by atoms with Gasteiger partial charge in [0.1, 0.15) is 5.75 Å². The van der Waals surface area contributed by atoms with Gasteiger partial charge in [-0.05, 0) is 51.7 Å². The number of benzene rings is 1. The molecule has 4 rings (SSSR count). The average Bonchev–Trinajstić information content (AvgIpc) is 3.21. The van der Waals surface area contributed by atoms with Crippen LogP contribution in [0.1, 0.15) is 64.6 Å². The van der Waals surface area contributed by atoms with Crippen LogP contribution in [0.4, 0.5) is 10.7 Å². The summed E-state index contributed by atoms with van der Waals surface area (Å²) in [5.74, 6) is 0.534. The number of halogens is 2. The van der Waals surface area contributed by atoms with E-state index < -0.39 is 5.41 Å². The molecule has 0 radical (unpaired) electrons. The normalized spacial score (nSPS) is 14.8. The minimum Gasteiger partial charge on any atom is -0.493 e. The van der Waals surface area contributed by atoms with Gasteiger partial charge in [0.15, 0.2) is 0 Å². The lowest BCUT2D eigenvalue weighted by atomic mass is 9.92. The molecular weight excluding hydrogens is 487 g/mol. The molecule has 3 N–H and O–H groups in total. The van der Waals surface area contributed by atoms with E-state index in [1.54, 1.807) is 17.0 Å². The number of anilines is 1. The molecule has 1 aromatic carbocycles. The van der Waals surface area contributed by atoms with Crippen LogP contribution in [0, 0.1) is 16.7 Å². The predicted octanol–water partition coefficient (Wildman–Crippen LogP) is 5.96. The summed E-state index contributed by atoms with van der Waals surface area (Å²) in [6, 6.07) is 5.66. The number of fused-ring (bicyclic) bond motifs is 1. The van der Waals surface area contributed by atoms with E-state index in [9.17, 15) is 10.1 Å². The lowest BCUT2D eigenvalue weighted by Gasteiger charge is -2.28. The number of nitriles is 1. The van der Waals surface area contributed by atoms with Crippen LogP contribution < -0.4 is 15.8 Å². The number of carbonyl (C=O) groups excluding carboxylic acids is 1. The Kier molecular flexibility index (Phi) is 8.68. The fourth-order valence-electron chi connectivity index (χ4n) is 3.81. The number of hydrogen-bond donors (Lipinski definition) is 2. The molecule has 2 amide bonds. The van der Waals surface area contributed by atoms with Gasteiger partial charge in [-0.2, -0.15) is 5.26 Å². The third-order valence-electron chi connectivity index (χ3n) is 6.06. The zero-order valence-corrected chi connectivity index (χ0v) is 22.1. The van der Waals surface area contributed by atoms with Crippen molar-refractivity contribution >= 4 is 35.2 Å². The molecular formula is C25H32Cl2N6O2. The van der Waals surface area contributed by atoms with Crippen molar-refractivity contribution in [2.45, 2.75) is 72.5 Å². The molecule has 0 saturated heterocycles. The highest BCUT2D eigenvalue weighted by Crippen LogP contribution is 2.42. The fourth-order valence-corrected chi connectivity index (χ4v) is 4.37. The van der Waals surface area contributed by atoms with Gasteiger partial charge in [0.2, 0.25) is 5.95 Å². The molecule has 0 spiro atoms. The molecule has 1 saturated carbocycles. The second kappa shape index (κ2) is 11.3. The molecule has 8 nitrogen and oxygen atoms in total. The number of ether oxygens (including phenoxy) is 1. The monoisotopic (exact) mass is 518 g/mol. The summed E-state index contributed by atoms with van der Waals surface area (Å²) in [5, 5.41) is 13.1. The van der Waals surface area contributed by atoms with Crippen molar-refractivity contribution in [2.24, 2.45) is 5.41 Å². The Morgan fingerprint density at radius 2 is 2.00 bits per heavy atom. The maximum absolute atomic E-state index is 12.7. The highest BCUT2D eigenvalue weighted by Gasteiger charge is 2.32. The zero-order chi connectivity index (χ0) is 25.8. The Hall–Kier alpha value is -2.76. The summed E-state index contributed by atoms with van der Waals surface area (Å²) in [5.41, 5.74) is 8.02. The SMILES string of the molecule is CC.CC(C)(C#N)CCOc1cc(Cl)cc(Cl)c1-c1nc(N)nc2c1CN(C(=O)NC1CCC1)C2. The zero-order valence-electron chi connectivity index (χ0n) is 20.6. The van der Waals surface area contributed by atoms with Crippen LogP contribution in [0.25, 0.3) is 11.3 Å². The Balaban J connectivity index is 0.00000167. The van der Waals surface area contributed by atoms with Crippen molar-refractivity contribution in [1.29, 1.82) is 5.26 Å². The van der Waals surface area contributed by atoms with Crippen molar-refractivity contribution in [3.63, 3.8) is 0 Å². The Bertz CT molecular complexity index is 1130. The maximum Gasteiger partial charge on any atom is 0.318 e. The van der Waals surface area contributed by atoms with Gasteiger partial charge in [-0.15, -0.1) is 0 Å². The van der Waals surface area contributed by atoms with Gasteiger partial charge in [-0.1, -0.05) is 37.0 Å². The van der Waals surface area contributed by atoms with Gasteiger partial charge in [-0.3, -0.25) is 0 Å². The van der Waals surface area contributed by atoms with Crippen LogP contribution in [0.5, 0.6) is 5.75 Å². The second-order valence-electron chi connectivity index (χ2n) is 9.14.